The Labute approximate surface area is 97.8 Å². The van der Waals surface area contributed by atoms with Gasteiger partial charge < -0.3 is 0 Å². The average Bonchev–Trinajstić information content (AvgIpc) is 2.49. The van der Waals surface area contributed by atoms with Crippen LogP contribution in [-0.2, 0) is 0 Å². The number of hydrogen-bond acceptors (Lipinski definition) is 2. The molecule has 0 amide bonds. The number of hydrogen-bond donors (Lipinski definition) is 0. The predicted octanol–water partition coefficient (Wildman–Crippen LogP) is 3.97. The fraction of sp³-hybridized carbons (Fsp3) is 0. The van der Waals surface area contributed by atoms with E-state index in [-0.39, 0.29) is 0 Å². The quantitative estimate of drug-likeness (QED) is 0.573. The molecule has 2 rings (SSSR count). The highest BCUT2D eigenvalue weighted by molar-refractivity contribution is 14.1. The first-order chi connectivity index (χ1) is 6.24. The first-order valence-electron chi connectivity index (χ1n) is 3.54. The zero-order valence-electron chi connectivity index (χ0n) is 6.38. The van der Waals surface area contributed by atoms with Crippen molar-refractivity contribution < 1.29 is 4.79 Å². The molecule has 0 spiro atoms. The van der Waals surface area contributed by atoms with Gasteiger partial charge in [-0.05, 0) is 34.7 Å². The standard InChI is InChI=1S/C9H4ClIOS/c10-9-5(3-12)1-2-7-8(9)6(11)4-13-7/h1-4H. The molecule has 0 aliphatic carbocycles. The third-order valence-electron chi connectivity index (χ3n) is 1.79. The molecule has 4 heteroatoms. The van der Waals surface area contributed by atoms with E-state index in [1.807, 2.05) is 11.4 Å². The Morgan fingerprint density at radius 1 is 1.46 bits per heavy atom. The van der Waals surface area contributed by atoms with E-state index in [1.54, 1.807) is 17.4 Å². The topological polar surface area (TPSA) is 17.1 Å². The van der Waals surface area contributed by atoms with Crippen LogP contribution in [0.4, 0.5) is 0 Å². The van der Waals surface area contributed by atoms with Crippen LogP contribution < -0.4 is 0 Å². The molecule has 13 heavy (non-hydrogen) atoms. The van der Waals surface area contributed by atoms with Crippen LogP contribution in [0.1, 0.15) is 10.4 Å². The van der Waals surface area contributed by atoms with Crippen molar-refractivity contribution in [3.63, 3.8) is 0 Å². The number of carbonyl (C=O) groups is 1. The monoisotopic (exact) mass is 322 g/mol. The minimum Gasteiger partial charge on any atom is -0.298 e. The van der Waals surface area contributed by atoms with Crippen molar-refractivity contribution in [1.29, 1.82) is 0 Å². The van der Waals surface area contributed by atoms with Crippen LogP contribution in [0.25, 0.3) is 10.1 Å². The van der Waals surface area contributed by atoms with Crippen molar-refractivity contribution in [2.45, 2.75) is 0 Å². The lowest BCUT2D eigenvalue weighted by molar-refractivity contribution is 0.112. The first kappa shape index (κ1) is 9.43. The van der Waals surface area contributed by atoms with Gasteiger partial charge in [-0.2, -0.15) is 0 Å². The smallest absolute Gasteiger partial charge is 0.151 e. The number of carbonyl (C=O) groups excluding carboxylic acids is 1. The molecule has 0 bridgehead atoms. The van der Waals surface area contributed by atoms with E-state index in [9.17, 15) is 4.79 Å². The van der Waals surface area contributed by atoms with E-state index < -0.39 is 0 Å². The van der Waals surface area contributed by atoms with Crippen molar-refractivity contribution in [1.82, 2.24) is 0 Å². The third-order valence-corrected chi connectivity index (χ3v) is 4.42. The molecular formula is C9H4ClIOS. The molecule has 0 saturated heterocycles. The van der Waals surface area contributed by atoms with Crippen LogP contribution in [-0.4, -0.2) is 6.29 Å². The van der Waals surface area contributed by atoms with E-state index in [4.69, 9.17) is 11.6 Å². The van der Waals surface area contributed by atoms with Crippen LogP contribution in [0.3, 0.4) is 0 Å². The normalized spacial score (nSPS) is 10.6. The highest BCUT2D eigenvalue weighted by Gasteiger charge is 2.09. The third kappa shape index (κ3) is 1.49. The Bertz CT molecular complexity index is 478. The van der Waals surface area contributed by atoms with Crippen LogP contribution in [0.2, 0.25) is 5.02 Å². The van der Waals surface area contributed by atoms with Crippen molar-refractivity contribution in [3.05, 3.63) is 31.7 Å². The van der Waals surface area contributed by atoms with Crippen molar-refractivity contribution in [2.75, 3.05) is 0 Å². The molecule has 0 N–H and O–H groups in total. The summed E-state index contributed by atoms with van der Waals surface area (Å²) in [4.78, 5) is 10.6. The lowest BCUT2D eigenvalue weighted by Gasteiger charge is -1.97. The molecular weight excluding hydrogens is 319 g/mol. The lowest BCUT2D eigenvalue weighted by Crippen LogP contribution is -1.81. The van der Waals surface area contributed by atoms with Gasteiger partial charge in [0.25, 0.3) is 0 Å². The van der Waals surface area contributed by atoms with E-state index in [0.29, 0.717) is 10.6 Å². The zero-order chi connectivity index (χ0) is 9.42. The molecule has 1 nitrogen and oxygen atoms in total. The Hall–Kier alpha value is -0.130. The lowest BCUT2D eigenvalue weighted by atomic mass is 10.2. The number of fused-ring (bicyclic) bond motifs is 1. The summed E-state index contributed by atoms with van der Waals surface area (Å²) in [6, 6.07) is 3.68. The fourth-order valence-corrected chi connectivity index (χ4v) is 3.64. The maximum Gasteiger partial charge on any atom is 0.151 e. The number of benzene rings is 1. The molecule has 0 radical (unpaired) electrons. The van der Waals surface area contributed by atoms with Gasteiger partial charge in [-0.3, -0.25) is 4.79 Å². The second kappa shape index (κ2) is 3.55. The van der Waals surface area contributed by atoms with Gasteiger partial charge >= 0.3 is 0 Å². The largest absolute Gasteiger partial charge is 0.298 e. The summed E-state index contributed by atoms with van der Waals surface area (Å²) in [5.41, 5.74) is 0.561. The maximum absolute atomic E-state index is 10.6. The fourth-order valence-electron chi connectivity index (χ4n) is 1.16. The number of rotatable bonds is 1. The van der Waals surface area contributed by atoms with Gasteiger partial charge in [0.2, 0.25) is 0 Å². The summed E-state index contributed by atoms with van der Waals surface area (Å²) in [5, 5.41) is 3.60. The molecule has 1 heterocycles. The molecule has 0 unspecified atom stereocenters. The number of thiophene rings is 1. The summed E-state index contributed by atoms with van der Waals surface area (Å²) in [6.07, 6.45) is 0.787. The first-order valence-corrected chi connectivity index (χ1v) is 5.88. The SMILES string of the molecule is O=Cc1ccc2scc(I)c2c1Cl. The molecule has 66 valence electrons. The second-order valence-corrected chi connectivity index (χ2v) is 4.99. The van der Waals surface area contributed by atoms with Gasteiger partial charge in [-0.1, -0.05) is 11.6 Å². The Balaban J connectivity index is 2.91. The highest BCUT2D eigenvalue weighted by atomic mass is 127. The van der Waals surface area contributed by atoms with E-state index >= 15 is 0 Å². The van der Waals surface area contributed by atoms with E-state index in [1.165, 1.54) is 0 Å². The molecule has 0 aliphatic heterocycles. The van der Waals surface area contributed by atoms with Crippen molar-refractivity contribution in [2.24, 2.45) is 0 Å². The van der Waals surface area contributed by atoms with Gasteiger partial charge in [0.1, 0.15) is 0 Å². The molecule has 1 aromatic heterocycles. The summed E-state index contributed by atoms with van der Waals surface area (Å²) < 4.78 is 2.23. The van der Waals surface area contributed by atoms with Gasteiger partial charge in [0, 0.05) is 24.6 Å². The summed E-state index contributed by atoms with van der Waals surface area (Å²) >= 11 is 9.92. The maximum atomic E-state index is 10.6. The van der Waals surface area contributed by atoms with Gasteiger partial charge in [0.15, 0.2) is 6.29 Å². The van der Waals surface area contributed by atoms with Gasteiger partial charge in [-0.25, -0.2) is 0 Å². The van der Waals surface area contributed by atoms with E-state index in [2.05, 4.69) is 22.6 Å². The molecule has 1 aromatic carbocycles. The minimum atomic E-state index is 0.561. The molecule has 0 saturated carbocycles. The molecule has 0 fully saturated rings. The van der Waals surface area contributed by atoms with Gasteiger partial charge in [-0.15, -0.1) is 11.3 Å². The Kier molecular flexibility index (Phi) is 2.58. The zero-order valence-corrected chi connectivity index (χ0v) is 10.1. The summed E-state index contributed by atoms with van der Waals surface area (Å²) in [5.74, 6) is 0. The van der Waals surface area contributed by atoms with Gasteiger partial charge in [0.05, 0.1) is 5.02 Å². The van der Waals surface area contributed by atoms with Crippen LogP contribution >= 0.6 is 45.5 Å². The molecule has 0 atom stereocenters. The van der Waals surface area contributed by atoms with Crippen LogP contribution in [0, 0.1) is 3.57 Å². The summed E-state index contributed by atoms with van der Waals surface area (Å²) in [6.45, 7) is 0. The second-order valence-electron chi connectivity index (χ2n) is 2.54. The van der Waals surface area contributed by atoms with Crippen LogP contribution in [0.15, 0.2) is 17.5 Å². The van der Waals surface area contributed by atoms with Crippen LogP contribution in [0.5, 0.6) is 0 Å². The Morgan fingerprint density at radius 2 is 2.23 bits per heavy atom. The summed E-state index contributed by atoms with van der Waals surface area (Å²) in [7, 11) is 0. The predicted molar refractivity (Wildman–Crippen MR) is 64.9 cm³/mol. The number of aldehydes is 1. The average molecular weight is 323 g/mol. The van der Waals surface area contributed by atoms with Crippen molar-refractivity contribution in [3.8, 4) is 0 Å². The Morgan fingerprint density at radius 3 is 2.92 bits per heavy atom. The minimum absolute atomic E-state index is 0.561. The van der Waals surface area contributed by atoms with Crippen molar-refractivity contribution >= 4 is 61.9 Å². The molecule has 0 aliphatic rings. The highest BCUT2D eigenvalue weighted by Crippen LogP contribution is 2.34. The van der Waals surface area contributed by atoms with E-state index in [0.717, 1.165) is 19.9 Å². The molecule has 2 aromatic rings. The number of halogens is 2.